The van der Waals surface area contributed by atoms with Crippen LogP contribution in [0.15, 0.2) is 48.5 Å². The maximum atomic E-state index is 13.4. The summed E-state index contributed by atoms with van der Waals surface area (Å²) in [6, 6.07) is 12.2. The number of halogens is 3. The molecule has 3 rings (SSSR count). The monoisotopic (exact) mass is 403 g/mol. The lowest BCUT2D eigenvalue weighted by atomic mass is 10.1. The van der Waals surface area contributed by atoms with Crippen molar-refractivity contribution in [3.8, 4) is 0 Å². The first-order valence-corrected chi connectivity index (χ1v) is 9.28. The van der Waals surface area contributed by atoms with Crippen molar-refractivity contribution in [2.24, 2.45) is 0 Å². The Labute approximate surface area is 167 Å². The van der Waals surface area contributed by atoms with E-state index in [4.69, 9.17) is 11.6 Å². The quantitative estimate of drug-likeness (QED) is 0.591. The Kier molecular flexibility index (Phi) is 6.09. The van der Waals surface area contributed by atoms with E-state index in [0.29, 0.717) is 29.9 Å². The van der Waals surface area contributed by atoms with Crippen molar-refractivity contribution in [2.45, 2.75) is 26.9 Å². The summed E-state index contributed by atoms with van der Waals surface area (Å²) in [4.78, 5) is 14.7. The van der Waals surface area contributed by atoms with Crippen molar-refractivity contribution in [1.82, 2.24) is 14.7 Å². The Bertz CT molecular complexity index is 986. The summed E-state index contributed by atoms with van der Waals surface area (Å²) in [5.74, 6) is -0.930. The number of amides is 1. The number of benzene rings is 2. The molecular formula is C21H20ClF2N3O. The molecule has 28 heavy (non-hydrogen) atoms. The second-order valence-electron chi connectivity index (χ2n) is 6.48. The zero-order valence-corrected chi connectivity index (χ0v) is 16.4. The Morgan fingerprint density at radius 3 is 2.46 bits per heavy atom. The molecule has 1 aromatic heterocycles. The van der Waals surface area contributed by atoms with E-state index in [9.17, 15) is 13.6 Å². The third-order valence-corrected chi connectivity index (χ3v) is 4.84. The second kappa shape index (κ2) is 8.52. The summed E-state index contributed by atoms with van der Waals surface area (Å²) < 4.78 is 28.1. The van der Waals surface area contributed by atoms with E-state index >= 15 is 0 Å². The van der Waals surface area contributed by atoms with Gasteiger partial charge in [0, 0.05) is 13.1 Å². The molecule has 4 nitrogen and oxygen atoms in total. The van der Waals surface area contributed by atoms with Crippen LogP contribution in [0.2, 0.25) is 5.15 Å². The van der Waals surface area contributed by atoms with Gasteiger partial charge in [0.1, 0.15) is 16.8 Å². The standard InChI is InChI=1S/C21H20ClF2N3O/c1-3-26(12-16-5-4-6-18(24)11-16)21(28)19-14(2)25-27(20(19)22)13-15-7-9-17(23)10-8-15/h4-11H,3,12-13H2,1-2H3. The van der Waals surface area contributed by atoms with Gasteiger partial charge in [0.2, 0.25) is 0 Å². The lowest BCUT2D eigenvalue weighted by molar-refractivity contribution is 0.0751. The predicted molar refractivity (Wildman–Crippen MR) is 104 cm³/mol. The van der Waals surface area contributed by atoms with E-state index in [0.717, 1.165) is 5.56 Å². The van der Waals surface area contributed by atoms with Crippen LogP contribution >= 0.6 is 11.6 Å². The zero-order chi connectivity index (χ0) is 20.3. The van der Waals surface area contributed by atoms with E-state index < -0.39 is 0 Å². The maximum absolute atomic E-state index is 13.4. The van der Waals surface area contributed by atoms with Crippen LogP contribution in [0.5, 0.6) is 0 Å². The van der Waals surface area contributed by atoms with Crippen molar-refractivity contribution in [3.05, 3.63) is 87.7 Å². The van der Waals surface area contributed by atoms with Gasteiger partial charge in [-0.1, -0.05) is 35.9 Å². The number of carbonyl (C=O) groups is 1. The third kappa shape index (κ3) is 4.39. The molecule has 0 radical (unpaired) electrons. The van der Waals surface area contributed by atoms with Gasteiger partial charge in [0.15, 0.2) is 0 Å². The van der Waals surface area contributed by atoms with Crippen LogP contribution in [0.1, 0.15) is 34.1 Å². The van der Waals surface area contributed by atoms with Gasteiger partial charge in [-0.15, -0.1) is 0 Å². The van der Waals surface area contributed by atoms with Crippen LogP contribution in [0.25, 0.3) is 0 Å². The Balaban J connectivity index is 1.84. The number of hydrogen-bond donors (Lipinski definition) is 0. The van der Waals surface area contributed by atoms with Crippen molar-refractivity contribution in [3.63, 3.8) is 0 Å². The second-order valence-corrected chi connectivity index (χ2v) is 6.84. The molecule has 146 valence electrons. The first-order valence-electron chi connectivity index (χ1n) is 8.90. The van der Waals surface area contributed by atoms with Gasteiger partial charge in [-0.05, 0) is 49.2 Å². The van der Waals surface area contributed by atoms with Crippen LogP contribution in [-0.4, -0.2) is 27.1 Å². The Hall–Kier alpha value is -2.73. The maximum Gasteiger partial charge on any atom is 0.259 e. The van der Waals surface area contributed by atoms with Gasteiger partial charge >= 0.3 is 0 Å². The van der Waals surface area contributed by atoms with Crippen molar-refractivity contribution >= 4 is 17.5 Å². The van der Waals surface area contributed by atoms with Crippen LogP contribution in [0.4, 0.5) is 8.78 Å². The van der Waals surface area contributed by atoms with E-state index in [-0.39, 0.29) is 29.2 Å². The van der Waals surface area contributed by atoms with E-state index in [1.807, 2.05) is 6.92 Å². The van der Waals surface area contributed by atoms with Crippen LogP contribution in [-0.2, 0) is 13.1 Å². The molecule has 7 heteroatoms. The molecule has 0 spiro atoms. The van der Waals surface area contributed by atoms with E-state index in [1.165, 1.54) is 28.9 Å². The molecule has 1 amide bonds. The van der Waals surface area contributed by atoms with Gasteiger partial charge in [-0.25, -0.2) is 13.5 Å². The lowest BCUT2D eigenvalue weighted by Crippen LogP contribution is -2.30. The fraction of sp³-hybridized carbons (Fsp3) is 0.238. The third-order valence-electron chi connectivity index (χ3n) is 4.46. The number of aromatic nitrogens is 2. The van der Waals surface area contributed by atoms with Crippen molar-refractivity contribution in [2.75, 3.05) is 6.54 Å². The summed E-state index contributed by atoms with van der Waals surface area (Å²) in [6.07, 6.45) is 0. The minimum Gasteiger partial charge on any atom is -0.334 e. The van der Waals surface area contributed by atoms with Crippen LogP contribution in [0.3, 0.4) is 0 Å². The van der Waals surface area contributed by atoms with Gasteiger partial charge in [-0.2, -0.15) is 5.10 Å². The minimum absolute atomic E-state index is 0.226. The first kappa shape index (κ1) is 20.0. The van der Waals surface area contributed by atoms with E-state index in [1.54, 1.807) is 36.1 Å². The van der Waals surface area contributed by atoms with Gasteiger partial charge in [0.05, 0.1) is 17.8 Å². The lowest BCUT2D eigenvalue weighted by Gasteiger charge is -2.21. The Morgan fingerprint density at radius 2 is 1.82 bits per heavy atom. The van der Waals surface area contributed by atoms with E-state index in [2.05, 4.69) is 5.10 Å². The molecule has 0 aliphatic carbocycles. The van der Waals surface area contributed by atoms with Gasteiger partial charge in [-0.3, -0.25) is 4.79 Å². The molecule has 0 aliphatic heterocycles. The molecule has 0 aliphatic rings. The Morgan fingerprint density at radius 1 is 1.11 bits per heavy atom. The highest BCUT2D eigenvalue weighted by atomic mass is 35.5. The average molecular weight is 404 g/mol. The smallest absolute Gasteiger partial charge is 0.259 e. The molecule has 0 atom stereocenters. The summed E-state index contributed by atoms with van der Waals surface area (Å²) in [7, 11) is 0. The molecule has 0 fully saturated rings. The highest BCUT2D eigenvalue weighted by molar-refractivity contribution is 6.33. The molecule has 0 N–H and O–H groups in total. The number of rotatable bonds is 6. The van der Waals surface area contributed by atoms with Crippen LogP contribution in [0, 0.1) is 18.6 Å². The largest absolute Gasteiger partial charge is 0.334 e. The molecule has 0 saturated heterocycles. The molecule has 2 aromatic carbocycles. The summed E-state index contributed by atoms with van der Waals surface area (Å²) in [6.45, 7) is 4.60. The molecular weight excluding hydrogens is 384 g/mol. The van der Waals surface area contributed by atoms with Gasteiger partial charge in [0.25, 0.3) is 5.91 Å². The number of carbonyl (C=O) groups excluding carboxylic acids is 1. The number of aryl methyl sites for hydroxylation is 1. The molecule has 0 bridgehead atoms. The topological polar surface area (TPSA) is 38.1 Å². The SMILES string of the molecule is CCN(Cc1cccc(F)c1)C(=O)c1c(C)nn(Cc2ccc(F)cc2)c1Cl. The molecule has 0 saturated carbocycles. The van der Waals surface area contributed by atoms with Crippen molar-refractivity contribution in [1.29, 1.82) is 0 Å². The summed E-state index contributed by atoms with van der Waals surface area (Å²) in [5.41, 5.74) is 2.34. The molecule has 1 heterocycles. The summed E-state index contributed by atoms with van der Waals surface area (Å²) in [5, 5.41) is 4.60. The predicted octanol–water partition coefficient (Wildman–Crippen LogP) is 4.83. The van der Waals surface area contributed by atoms with Crippen molar-refractivity contribution < 1.29 is 13.6 Å². The highest BCUT2D eigenvalue weighted by Crippen LogP contribution is 2.23. The number of nitrogens with zero attached hydrogens (tertiary/aromatic N) is 3. The van der Waals surface area contributed by atoms with Gasteiger partial charge < -0.3 is 4.90 Å². The first-order chi connectivity index (χ1) is 13.4. The van der Waals surface area contributed by atoms with Crippen LogP contribution < -0.4 is 0 Å². The fourth-order valence-corrected chi connectivity index (χ4v) is 3.32. The number of hydrogen-bond acceptors (Lipinski definition) is 2. The highest BCUT2D eigenvalue weighted by Gasteiger charge is 2.24. The zero-order valence-electron chi connectivity index (χ0n) is 15.6. The molecule has 3 aromatic rings. The molecule has 0 unspecified atom stereocenters. The normalized spacial score (nSPS) is 10.9. The fourth-order valence-electron chi connectivity index (χ4n) is 3.00. The minimum atomic E-state index is -0.345. The average Bonchev–Trinajstić information content (AvgIpc) is 2.94. The summed E-state index contributed by atoms with van der Waals surface area (Å²) >= 11 is 6.45.